The standard InChI is InChI=1S/C14H19N3O2/c1-10-9-17(14(18)19-10)13-4-2-3-12(16-13)11-5-7-15-8-6-11/h2-4,10-11,15H,5-9H2,1H3. The van der Waals surface area contributed by atoms with Crippen LogP contribution in [0, 0.1) is 0 Å². The number of aromatic nitrogens is 1. The highest BCUT2D eigenvalue weighted by molar-refractivity contribution is 5.88. The van der Waals surface area contributed by atoms with E-state index in [9.17, 15) is 4.79 Å². The minimum Gasteiger partial charge on any atom is -0.444 e. The molecule has 1 unspecified atom stereocenters. The van der Waals surface area contributed by atoms with E-state index < -0.39 is 0 Å². The summed E-state index contributed by atoms with van der Waals surface area (Å²) in [5.74, 6) is 1.21. The van der Waals surface area contributed by atoms with Gasteiger partial charge in [-0.05, 0) is 45.0 Å². The summed E-state index contributed by atoms with van der Waals surface area (Å²) < 4.78 is 5.15. The smallest absolute Gasteiger partial charge is 0.415 e. The third-order valence-electron chi connectivity index (χ3n) is 3.75. The molecule has 0 saturated carbocycles. The van der Waals surface area contributed by atoms with E-state index >= 15 is 0 Å². The van der Waals surface area contributed by atoms with Crippen molar-refractivity contribution in [3.05, 3.63) is 23.9 Å². The maximum absolute atomic E-state index is 11.7. The van der Waals surface area contributed by atoms with Gasteiger partial charge in [-0.3, -0.25) is 4.90 Å². The lowest BCUT2D eigenvalue weighted by molar-refractivity contribution is 0.150. The van der Waals surface area contributed by atoms with Crippen molar-refractivity contribution >= 4 is 11.9 Å². The van der Waals surface area contributed by atoms with Gasteiger partial charge >= 0.3 is 6.09 Å². The molecule has 0 spiro atoms. The maximum atomic E-state index is 11.7. The van der Waals surface area contributed by atoms with Crippen LogP contribution in [-0.2, 0) is 4.74 Å². The number of ether oxygens (including phenoxy) is 1. The molecular formula is C14H19N3O2. The van der Waals surface area contributed by atoms with Crippen LogP contribution in [0.25, 0.3) is 0 Å². The number of carbonyl (C=O) groups is 1. The summed E-state index contributed by atoms with van der Waals surface area (Å²) in [6.07, 6.45) is 1.87. The molecule has 1 aromatic heterocycles. The molecule has 102 valence electrons. The van der Waals surface area contributed by atoms with Gasteiger partial charge < -0.3 is 10.1 Å². The number of nitrogens with one attached hydrogen (secondary N) is 1. The fraction of sp³-hybridized carbons (Fsp3) is 0.571. The first kappa shape index (κ1) is 12.4. The van der Waals surface area contributed by atoms with E-state index in [1.54, 1.807) is 4.90 Å². The molecule has 1 atom stereocenters. The molecule has 0 aliphatic carbocycles. The van der Waals surface area contributed by atoms with Gasteiger partial charge in [0.1, 0.15) is 11.9 Å². The summed E-state index contributed by atoms with van der Waals surface area (Å²) in [7, 11) is 0. The minimum absolute atomic E-state index is 0.0585. The second kappa shape index (κ2) is 5.17. The van der Waals surface area contributed by atoms with Gasteiger partial charge in [0, 0.05) is 11.6 Å². The summed E-state index contributed by atoms with van der Waals surface area (Å²) in [5, 5.41) is 3.35. The molecule has 2 fully saturated rings. The number of pyridine rings is 1. The molecule has 1 N–H and O–H groups in total. The Morgan fingerprint density at radius 1 is 1.37 bits per heavy atom. The molecule has 19 heavy (non-hydrogen) atoms. The summed E-state index contributed by atoms with van der Waals surface area (Å²) in [4.78, 5) is 18.0. The van der Waals surface area contributed by atoms with Gasteiger partial charge in [0.2, 0.25) is 0 Å². The second-order valence-electron chi connectivity index (χ2n) is 5.25. The van der Waals surface area contributed by atoms with Crippen LogP contribution in [0.3, 0.4) is 0 Å². The minimum atomic E-state index is -0.289. The van der Waals surface area contributed by atoms with Crippen LogP contribution >= 0.6 is 0 Å². The Morgan fingerprint density at radius 3 is 2.84 bits per heavy atom. The topological polar surface area (TPSA) is 54.5 Å². The van der Waals surface area contributed by atoms with Crippen LogP contribution < -0.4 is 10.2 Å². The Balaban J connectivity index is 1.81. The summed E-state index contributed by atoms with van der Waals surface area (Å²) in [6, 6.07) is 5.92. The van der Waals surface area contributed by atoms with Gasteiger partial charge in [-0.25, -0.2) is 9.78 Å². The van der Waals surface area contributed by atoms with Crippen molar-refractivity contribution in [3.63, 3.8) is 0 Å². The lowest BCUT2D eigenvalue weighted by atomic mass is 9.94. The second-order valence-corrected chi connectivity index (χ2v) is 5.25. The first-order chi connectivity index (χ1) is 9.24. The van der Waals surface area contributed by atoms with E-state index in [0.717, 1.165) is 31.6 Å². The monoisotopic (exact) mass is 261 g/mol. The molecule has 0 aromatic carbocycles. The lowest BCUT2D eigenvalue weighted by Gasteiger charge is -2.23. The van der Waals surface area contributed by atoms with E-state index in [-0.39, 0.29) is 12.2 Å². The molecule has 1 aromatic rings. The zero-order chi connectivity index (χ0) is 13.2. The van der Waals surface area contributed by atoms with Crippen molar-refractivity contribution in [2.75, 3.05) is 24.5 Å². The van der Waals surface area contributed by atoms with Gasteiger partial charge in [0.25, 0.3) is 0 Å². The zero-order valence-electron chi connectivity index (χ0n) is 11.1. The SMILES string of the molecule is CC1CN(c2cccc(C3CCNCC3)n2)C(=O)O1. The molecule has 2 aliphatic heterocycles. The summed E-state index contributed by atoms with van der Waals surface area (Å²) in [6.45, 7) is 4.56. The predicted octanol–water partition coefficient (Wildman–Crippen LogP) is 1.89. The number of anilines is 1. The summed E-state index contributed by atoms with van der Waals surface area (Å²) >= 11 is 0. The number of carbonyl (C=O) groups excluding carboxylic acids is 1. The number of piperidine rings is 1. The first-order valence-corrected chi connectivity index (χ1v) is 6.90. The molecule has 3 heterocycles. The van der Waals surface area contributed by atoms with E-state index in [1.807, 2.05) is 19.1 Å². The molecule has 2 saturated heterocycles. The van der Waals surface area contributed by atoms with Crippen molar-refractivity contribution < 1.29 is 9.53 Å². The van der Waals surface area contributed by atoms with Crippen LogP contribution in [0.5, 0.6) is 0 Å². The molecule has 2 aliphatic rings. The highest BCUT2D eigenvalue weighted by Crippen LogP contribution is 2.26. The van der Waals surface area contributed by atoms with Crippen molar-refractivity contribution in [1.82, 2.24) is 10.3 Å². The quantitative estimate of drug-likeness (QED) is 0.883. The van der Waals surface area contributed by atoms with Crippen molar-refractivity contribution in [1.29, 1.82) is 0 Å². The Morgan fingerprint density at radius 2 is 2.16 bits per heavy atom. The van der Waals surface area contributed by atoms with Crippen LogP contribution in [0.2, 0.25) is 0 Å². The third kappa shape index (κ3) is 2.56. The molecular weight excluding hydrogens is 242 g/mol. The van der Waals surface area contributed by atoms with Crippen molar-refractivity contribution in [2.24, 2.45) is 0 Å². The van der Waals surface area contributed by atoms with Gasteiger partial charge in [0.05, 0.1) is 6.54 Å². The van der Waals surface area contributed by atoms with Gasteiger partial charge in [-0.1, -0.05) is 6.07 Å². The fourth-order valence-electron chi connectivity index (χ4n) is 2.73. The van der Waals surface area contributed by atoms with Crippen molar-refractivity contribution in [2.45, 2.75) is 31.8 Å². The Labute approximate surface area is 113 Å². The van der Waals surface area contributed by atoms with Crippen LogP contribution in [-0.4, -0.2) is 36.8 Å². The first-order valence-electron chi connectivity index (χ1n) is 6.90. The van der Waals surface area contributed by atoms with Crippen LogP contribution in [0.1, 0.15) is 31.4 Å². The number of hydrogen-bond acceptors (Lipinski definition) is 4. The molecule has 5 nitrogen and oxygen atoms in total. The molecule has 0 bridgehead atoms. The third-order valence-corrected chi connectivity index (χ3v) is 3.75. The number of nitrogens with zero attached hydrogens (tertiary/aromatic N) is 2. The fourth-order valence-corrected chi connectivity index (χ4v) is 2.73. The Kier molecular flexibility index (Phi) is 3.38. The largest absolute Gasteiger partial charge is 0.444 e. The maximum Gasteiger partial charge on any atom is 0.415 e. The molecule has 5 heteroatoms. The number of hydrogen-bond donors (Lipinski definition) is 1. The van der Waals surface area contributed by atoms with Crippen LogP contribution in [0.4, 0.5) is 10.6 Å². The predicted molar refractivity (Wildman–Crippen MR) is 72.4 cm³/mol. The average molecular weight is 261 g/mol. The average Bonchev–Trinajstić information content (AvgIpc) is 2.79. The van der Waals surface area contributed by atoms with Crippen LogP contribution in [0.15, 0.2) is 18.2 Å². The molecule has 3 rings (SSSR count). The highest BCUT2D eigenvalue weighted by Gasteiger charge is 2.30. The Hall–Kier alpha value is -1.62. The van der Waals surface area contributed by atoms with Gasteiger partial charge in [0.15, 0.2) is 0 Å². The zero-order valence-corrected chi connectivity index (χ0v) is 11.1. The van der Waals surface area contributed by atoms with Crippen molar-refractivity contribution in [3.8, 4) is 0 Å². The Bertz CT molecular complexity index is 472. The van der Waals surface area contributed by atoms with E-state index in [0.29, 0.717) is 18.3 Å². The highest BCUT2D eigenvalue weighted by atomic mass is 16.6. The molecule has 0 radical (unpaired) electrons. The van der Waals surface area contributed by atoms with Gasteiger partial charge in [-0.2, -0.15) is 0 Å². The van der Waals surface area contributed by atoms with Gasteiger partial charge in [-0.15, -0.1) is 0 Å². The normalized spacial score (nSPS) is 24.6. The van der Waals surface area contributed by atoms with E-state index in [1.165, 1.54) is 0 Å². The number of rotatable bonds is 2. The molecule has 1 amide bonds. The van der Waals surface area contributed by atoms with E-state index in [4.69, 9.17) is 4.74 Å². The summed E-state index contributed by atoms with van der Waals surface area (Å²) in [5.41, 5.74) is 1.09. The lowest BCUT2D eigenvalue weighted by Crippen LogP contribution is -2.28. The van der Waals surface area contributed by atoms with E-state index in [2.05, 4.69) is 16.4 Å². The number of amides is 1. The number of cyclic esters (lactones) is 1.